The van der Waals surface area contributed by atoms with Gasteiger partial charge in [-0.2, -0.15) is 12.6 Å². The number of rotatable bonds is 11. The average Bonchev–Trinajstić information content (AvgIpc) is 2.53. The van der Waals surface area contributed by atoms with Crippen LogP contribution in [-0.4, -0.2) is 76.6 Å². The summed E-state index contributed by atoms with van der Waals surface area (Å²) in [5, 5.41) is 24.7. The van der Waals surface area contributed by atoms with Crippen LogP contribution in [0, 0.1) is 0 Å². The summed E-state index contributed by atoms with van der Waals surface area (Å²) < 4.78 is 0. The Balaban J connectivity index is 2.34. The molecule has 1 aliphatic rings. The van der Waals surface area contributed by atoms with Crippen LogP contribution in [0.5, 0.6) is 0 Å². The van der Waals surface area contributed by atoms with Crippen molar-refractivity contribution in [1.82, 2.24) is 15.5 Å². The van der Waals surface area contributed by atoms with Gasteiger partial charge < -0.3 is 20.8 Å². The molecule has 1 heterocycles. The number of thiol groups is 1. The lowest BCUT2D eigenvalue weighted by Crippen LogP contribution is -2.62. The molecular formula is C16H31N3O4S. The zero-order valence-electron chi connectivity index (χ0n) is 14.6. The lowest BCUT2D eigenvalue weighted by molar-refractivity contribution is -0.136. The molecule has 1 aliphatic heterocycles. The van der Waals surface area contributed by atoms with E-state index in [1.54, 1.807) is 6.92 Å². The molecule has 1 rings (SSSR count). The first-order valence-electron chi connectivity index (χ1n) is 8.67. The minimum Gasteiger partial charge on any atom is -0.392 e. The summed E-state index contributed by atoms with van der Waals surface area (Å²) >= 11 is 4.04. The van der Waals surface area contributed by atoms with Crippen molar-refractivity contribution in [2.24, 2.45) is 0 Å². The van der Waals surface area contributed by atoms with Crippen molar-refractivity contribution in [2.45, 2.75) is 63.8 Å². The van der Waals surface area contributed by atoms with Gasteiger partial charge in [-0.15, -0.1) is 0 Å². The zero-order chi connectivity index (χ0) is 18.1. The number of hydrogen-bond acceptors (Lipinski definition) is 6. The second-order valence-electron chi connectivity index (χ2n) is 6.47. The smallest absolute Gasteiger partial charge is 0.244 e. The summed E-state index contributed by atoms with van der Waals surface area (Å²) in [6, 6.07) is -1.03. The predicted octanol–water partition coefficient (Wildman–Crippen LogP) is -0.477. The summed E-state index contributed by atoms with van der Waals surface area (Å²) in [6.45, 7) is 5.44. The topological polar surface area (TPSA) is 102 Å². The Morgan fingerprint density at radius 3 is 2.33 bits per heavy atom. The molecule has 2 amide bonds. The van der Waals surface area contributed by atoms with Crippen molar-refractivity contribution in [1.29, 1.82) is 0 Å². The fourth-order valence-electron chi connectivity index (χ4n) is 2.75. The molecule has 0 saturated carbocycles. The highest BCUT2D eigenvalue weighted by atomic mass is 32.1. The van der Waals surface area contributed by atoms with Crippen molar-refractivity contribution in [3.63, 3.8) is 0 Å². The van der Waals surface area contributed by atoms with Crippen molar-refractivity contribution in [3.05, 3.63) is 0 Å². The van der Waals surface area contributed by atoms with Gasteiger partial charge in [0.15, 0.2) is 0 Å². The first-order valence-corrected chi connectivity index (χ1v) is 9.30. The largest absolute Gasteiger partial charge is 0.392 e. The number of amides is 2. The molecule has 24 heavy (non-hydrogen) atoms. The van der Waals surface area contributed by atoms with Crippen LogP contribution in [0.3, 0.4) is 0 Å². The van der Waals surface area contributed by atoms with Crippen LogP contribution in [0.25, 0.3) is 0 Å². The molecule has 0 aromatic rings. The van der Waals surface area contributed by atoms with Gasteiger partial charge in [-0.3, -0.25) is 14.5 Å². The van der Waals surface area contributed by atoms with Crippen LogP contribution in [0.4, 0.5) is 0 Å². The highest BCUT2D eigenvalue weighted by molar-refractivity contribution is 7.80. The molecule has 4 unspecified atom stereocenters. The van der Waals surface area contributed by atoms with E-state index in [4.69, 9.17) is 0 Å². The maximum absolute atomic E-state index is 11.9. The maximum Gasteiger partial charge on any atom is 0.244 e. The van der Waals surface area contributed by atoms with Crippen LogP contribution in [0.1, 0.15) is 39.5 Å². The van der Waals surface area contributed by atoms with E-state index in [1.807, 2.05) is 11.8 Å². The van der Waals surface area contributed by atoms with E-state index in [2.05, 4.69) is 23.3 Å². The van der Waals surface area contributed by atoms with Gasteiger partial charge >= 0.3 is 0 Å². The summed E-state index contributed by atoms with van der Waals surface area (Å²) in [4.78, 5) is 25.7. The Labute approximate surface area is 149 Å². The van der Waals surface area contributed by atoms with Crippen LogP contribution in [0.15, 0.2) is 0 Å². The monoisotopic (exact) mass is 361 g/mol. The van der Waals surface area contributed by atoms with E-state index in [0.717, 1.165) is 19.4 Å². The number of unbranched alkanes of at least 4 members (excludes halogenated alkanes) is 1. The van der Waals surface area contributed by atoms with Crippen LogP contribution < -0.4 is 10.6 Å². The number of carbonyl (C=O) groups is 2. The molecule has 0 aliphatic carbocycles. The molecule has 0 aromatic heterocycles. The van der Waals surface area contributed by atoms with Crippen molar-refractivity contribution in [3.8, 4) is 0 Å². The van der Waals surface area contributed by atoms with Crippen LogP contribution in [0.2, 0.25) is 0 Å². The first-order chi connectivity index (χ1) is 11.4. The van der Waals surface area contributed by atoms with E-state index in [0.29, 0.717) is 31.7 Å². The molecule has 1 fully saturated rings. The van der Waals surface area contributed by atoms with Gasteiger partial charge in [0.25, 0.3) is 0 Å². The second kappa shape index (κ2) is 10.9. The minimum atomic E-state index is -0.547. The molecule has 140 valence electrons. The van der Waals surface area contributed by atoms with E-state index in [-0.39, 0.29) is 11.8 Å². The normalized spacial score (nSPS) is 23.8. The Morgan fingerprint density at radius 2 is 1.75 bits per heavy atom. The van der Waals surface area contributed by atoms with E-state index >= 15 is 0 Å². The third-order valence-corrected chi connectivity index (χ3v) is 4.49. The second-order valence-corrected chi connectivity index (χ2v) is 6.84. The third kappa shape index (κ3) is 7.38. The molecule has 4 N–H and O–H groups in total. The molecule has 0 spiro atoms. The Hall–Kier alpha value is -0.830. The quantitative estimate of drug-likeness (QED) is 0.253. The molecular weight excluding hydrogens is 330 g/mol. The fraction of sp³-hybridized carbons (Fsp3) is 0.875. The summed E-state index contributed by atoms with van der Waals surface area (Å²) in [7, 11) is 0. The summed E-state index contributed by atoms with van der Waals surface area (Å²) in [6.07, 6.45) is 2.02. The minimum absolute atomic E-state index is 0.157. The molecule has 0 bridgehead atoms. The molecule has 1 saturated heterocycles. The number of hydrogen-bond donors (Lipinski definition) is 5. The SMILES string of the molecule is CCC(O)CN(CCCCC1NC(=O)C(CS)NC1=O)CC(C)O. The number of nitrogens with one attached hydrogen (secondary N) is 2. The third-order valence-electron chi connectivity index (χ3n) is 4.13. The maximum atomic E-state index is 11.9. The standard InChI is InChI=1S/C16H31N3O4S/c1-3-12(21)9-19(8-11(2)20)7-5-4-6-13-15(22)18-14(10-24)16(23)17-13/h11-14,20-21,24H,3-10H2,1-2H3,(H,17,23)(H,18,22). The van der Waals surface area contributed by atoms with Gasteiger partial charge in [0, 0.05) is 18.8 Å². The van der Waals surface area contributed by atoms with Crippen molar-refractivity contribution < 1.29 is 19.8 Å². The van der Waals surface area contributed by atoms with Crippen LogP contribution in [-0.2, 0) is 9.59 Å². The number of aliphatic hydroxyl groups is 2. The number of carbonyl (C=O) groups excluding carboxylic acids is 2. The van der Waals surface area contributed by atoms with E-state index in [1.165, 1.54) is 0 Å². The number of piperazine rings is 1. The Kier molecular flexibility index (Phi) is 9.65. The van der Waals surface area contributed by atoms with E-state index < -0.39 is 24.3 Å². The lowest BCUT2D eigenvalue weighted by Gasteiger charge is -2.29. The molecule has 4 atom stereocenters. The Bertz CT molecular complexity index is 409. The molecule has 0 radical (unpaired) electrons. The van der Waals surface area contributed by atoms with Gasteiger partial charge in [-0.05, 0) is 39.2 Å². The van der Waals surface area contributed by atoms with E-state index in [9.17, 15) is 19.8 Å². The van der Waals surface area contributed by atoms with Gasteiger partial charge in [0.1, 0.15) is 12.1 Å². The lowest BCUT2D eigenvalue weighted by atomic mass is 10.0. The number of aliphatic hydroxyl groups excluding tert-OH is 2. The van der Waals surface area contributed by atoms with Gasteiger partial charge in [-0.1, -0.05) is 6.92 Å². The van der Waals surface area contributed by atoms with Gasteiger partial charge in [0.05, 0.1) is 12.2 Å². The average molecular weight is 362 g/mol. The highest BCUT2D eigenvalue weighted by Gasteiger charge is 2.32. The van der Waals surface area contributed by atoms with Crippen molar-refractivity contribution in [2.75, 3.05) is 25.4 Å². The molecule has 0 aromatic carbocycles. The number of nitrogens with zero attached hydrogens (tertiary/aromatic N) is 1. The predicted molar refractivity (Wildman–Crippen MR) is 96.0 cm³/mol. The van der Waals surface area contributed by atoms with Crippen molar-refractivity contribution >= 4 is 24.4 Å². The van der Waals surface area contributed by atoms with Gasteiger partial charge in [0.2, 0.25) is 11.8 Å². The fourth-order valence-corrected chi connectivity index (χ4v) is 3.01. The zero-order valence-corrected chi connectivity index (χ0v) is 15.5. The highest BCUT2D eigenvalue weighted by Crippen LogP contribution is 2.09. The summed E-state index contributed by atoms with van der Waals surface area (Å²) in [5.74, 6) is -0.0504. The first kappa shape index (κ1) is 21.2. The summed E-state index contributed by atoms with van der Waals surface area (Å²) in [5.41, 5.74) is 0. The molecule has 8 heteroatoms. The van der Waals surface area contributed by atoms with Crippen LogP contribution >= 0.6 is 12.6 Å². The molecule has 7 nitrogen and oxygen atoms in total. The Morgan fingerprint density at radius 1 is 1.12 bits per heavy atom. The van der Waals surface area contributed by atoms with Gasteiger partial charge in [-0.25, -0.2) is 0 Å².